The molecule has 8 heteroatoms. The van der Waals surface area contributed by atoms with Gasteiger partial charge in [0.15, 0.2) is 0 Å². The highest BCUT2D eigenvalue weighted by molar-refractivity contribution is 8.01. The molecule has 2 saturated carbocycles. The Labute approximate surface area is 215 Å². The fourth-order valence-corrected chi connectivity index (χ4v) is 6.17. The van der Waals surface area contributed by atoms with Gasteiger partial charge in [-0.25, -0.2) is 0 Å². The number of fused-ring (bicyclic) bond motifs is 1. The Balaban J connectivity index is 1.01. The van der Waals surface area contributed by atoms with Gasteiger partial charge in [0.25, 0.3) is 5.91 Å². The van der Waals surface area contributed by atoms with Crippen molar-refractivity contribution >= 4 is 29.5 Å². The highest BCUT2D eigenvalue weighted by Crippen LogP contribution is 2.44. The maximum atomic E-state index is 12.6. The highest BCUT2D eigenvalue weighted by Gasteiger charge is 2.31. The van der Waals surface area contributed by atoms with Crippen LogP contribution in [0.15, 0.2) is 47.4 Å². The molecule has 1 atom stereocenters. The van der Waals surface area contributed by atoms with E-state index in [0.29, 0.717) is 43.2 Å². The van der Waals surface area contributed by atoms with E-state index in [1.54, 1.807) is 36.0 Å². The molecule has 2 aliphatic carbocycles. The highest BCUT2D eigenvalue weighted by atomic mass is 32.2. The summed E-state index contributed by atoms with van der Waals surface area (Å²) in [7, 11) is 0. The molecule has 2 aromatic rings. The molecule has 0 spiro atoms. The smallest absolute Gasteiger partial charge is 0.306 e. The lowest BCUT2D eigenvalue weighted by atomic mass is 9.87. The lowest BCUT2D eigenvalue weighted by Crippen LogP contribution is -2.38. The van der Waals surface area contributed by atoms with Gasteiger partial charge in [0.1, 0.15) is 5.75 Å². The number of nitrogens with one attached hydrogen (secondary N) is 2. The fourth-order valence-electron chi connectivity index (χ4n) is 4.97. The van der Waals surface area contributed by atoms with E-state index >= 15 is 0 Å². The number of benzene rings is 2. The van der Waals surface area contributed by atoms with Crippen LogP contribution in [-0.2, 0) is 16.0 Å². The molecule has 3 N–H and O–H groups in total. The third-order valence-electron chi connectivity index (χ3n) is 7.25. The normalized spacial score (nSPS) is 22.9. The molecule has 1 heterocycles. The first-order valence-electron chi connectivity index (χ1n) is 12.8. The lowest BCUT2D eigenvalue weighted by molar-refractivity contribution is -0.143. The first-order valence-corrected chi connectivity index (χ1v) is 13.7. The van der Waals surface area contributed by atoms with Crippen molar-refractivity contribution in [1.82, 2.24) is 10.6 Å². The molecule has 0 bridgehead atoms. The zero-order valence-electron chi connectivity index (χ0n) is 20.2. The molecule has 1 unspecified atom stereocenters. The maximum absolute atomic E-state index is 12.6. The van der Waals surface area contributed by atoms with Gasteiger partial charge in [-0.2, -0.15) is 0 Å². The molecule has 0 saturated heterocycles. The van der Waals surface area contributed by atoms with Gasteiger partial charge in [0.05, 0.1) is 17.3 Å². The average molecular weight is 509 g/mol. The van der Waals surface area contributed by atoms with E-state index in [2.05, 4.69) is 28.8 Å². The molecule has 2 aromatic carbocycles. The van der Waals surface area contributed by atoms with Crippen LogP contribution >= 0.6 is 11.8 Å². The number of amides is 2. The van der Waals surface area contributed by atoms with Crippen LogP contribution in [0.25, 0.3) is 0 Å². The van der Waals surface area contributed by atoms with E-state index in [0.717, 1.165) is 19.3 Å². The minimum absolute atomic E-state index is 0.00922. The summed E-state index contributed by atoms with van der Waals surface area (Å²) in [6, 6.07) is 13.6. The first kappa shape index (κ1) is 24.7. The number of thioether (sulfide) groups is 1. The van der Waals surface area contributed by atoms with Gasteiger partial charge in [-0.3, -0.25) is 14.4 Å². The predicted octanol–water partition coefficient (Wildman–Crippen LogP) is 4.15. The first-order chi connectivity index (χ1) is 17.5. The van der Waals surface area contributed by atoms with Crippen molar-refractivity contribution in [2.45, 2.75) is 67.1 Å². The van der Waals surface area contributed by atoms with E-state index in [1.165, 1.54) is 28.9 Å². The number of aliphatic carboxylic acids is 1. The van der Waals surface area contributed by atoms with Crippen molar-refractivity contribution in [3.05, 3.63) is 59.2 Å². The molecule has 5 rings (SSSR count). The standard InChI is InChI=1S/C28H32N2O5S/c31-26(18-3-8-22(9-4-18)35-23-10-5-19(6-11-23)28(33)34)29-13-14-30-27(32)25-16-21-15-20(17-1-2-17)7-12-24(21)36-25/h3-4,7-9,12,15,17,19,23,25H,1-2,5-6,10-11,13-14,16H2,(H,29,31)(H,30,32)(H,33,34)/t19-,23+,25?. The van der Waals surface area contributed by atoms with Crippen molar-refractivity contribution in [2.75, 3.05) is 13.1 Å². The number of carboxylic acid groups (broad SMARTS) is 1. The van der Waals surface area contributed by atoms with E-state index in [9.17, 15) is 14.4 Å². The third-order valence-corrected chi connectivity index (χ3v) is 8.57. The summed E-state index contributed by atoms with van der Waals surface area (Å²) in [5.74, 6) is 0.205. The molecule has 190 valence electrons. The van der Waals surface area contributed by atoms with Crippen LogP contribution in [-0.4, -0.2) is 47.3 Å². The van der Waals surface area contributed by atoms with Gasteiger partial charge < -0.3 is 20.5 Å². The molecule has 7 nitrogen and oxygen atoms in total. The maximum Gasteiger partial charge on any atom is 0.306 e. The Kier molecular flexibility index (Phi) is 7.51. The summed E-state index contributed by atoms with van der Waals surface area (Å²) < 4.78 is 5.96. The SMILES string of the molecule is O=C(NCCNC(=O)C1Cc2cc(C3CC3)ccc2S1)c1ccc(O[C@H]2CC[C@@H](C(=O)O)CC2)cc1. The van der Waals surface area contributed by atoms with Crippen molar-refractivity contribution in [2.24, 2.45) is 5.92 Å². The van der Waals surface area contributed by atoms with Crippen LogP contribution in [0.1, 0.15) is 65.9 Å². The van der Waals surface area contributed by atoms with Gasteiger partial charge in [0.2, 0.25) is 5.91 Å². The van der Waals surface area contributed by atoms with Gasteiger partial charge in [0, 0.05) is 23.5 Å². The van der Waals surface area contributed by atoms with E-state index in [-0.39, 0.29) is 29.1 Å². The monoisotopic (exact) mass is 508 g/mol. The van der Waals surface area contributed by atoms with Crippen LogP contribution in [0.4, 0.5) is 0 Å². The Morgan fingerprint density at radius 1 is 0.917 bits per heavy atom. The largest absolute Gasteiger partial charge is 0.490 e. The minimum atomic E-state index is -0.728. The number of ether oxygens (including phenoxy) is 1. The summed E-state index contributed by atoms with van der Waals surface area (Å²) in [4.78, 5) is 37.4. The summed E-state index contributed by atoms with van der Waals surface area (Å²) in [6.07, 6.45) is 6.02. The van der Waals surface area contributed by atoms with E-state index in [4.69, 9.17) is 9.84 Å². The Bertz CT molecular complexity index is 1120. The predicted molar refractivity (Wildman–Crippen MR) is 138 cm³/mol. The summed E-state index contributed by atoms with van der Waals surface area (Å²) in [5.41, 5.74) is 3.20. The van der Waals surface area contributed by atoms with Crippen molar-refractivity contribution < 1.29 is 24.2 Å². The summed E-state index contributed by atoms with van der Waals surface area (Å²) in [5, 5.41) is 14.8. The summed E-state index contributed by atoms with van der Waals surface area (Å²) >= 11 is 1.62. The number of carbonyl (C=O) groups excluding carboxylic acids is 2. The number of carbonyl (C=O) groups is 3. The van der Waals surface area contributed by atoms with Crippen LogP contribution in [0.2, 0.25) is 0 Å². The van der Waals surface area contributed by atoms with Crippen molar-refractivity contribution in [3.8, 4) is 5.75 Å². The lowest BCUT2D eigenvalue weighted by Gasteiger charge is -2.26. The number of rotatable bonds is 9. The molecule has 36 heavy (non-hydrogen) atoms. The van der Waals surface area contributed by atoms with E-state index in [1.807, 2.05) is 0 Å². The number of hydrogen-bond donors (Lipinski definition) is 3. The number of hydrogen-bond acceptors (Lipinski definition) is 5. The molecule has 0 aromatic heterocycles. The topological polar surface area (TPSA) is 105 Å². The second-order valence-electron chi connectivity index (χ2n) is 9.95. The Morgan fingerprint density at radius 3 is 2.33 bits per heavy atom. The molecule has 0 radical (unpaired) electrons. The Morgan fingerprint density at radius 2 is 1.64 bits per heavy atom. The minimum Gasteiger partial charge on any atom is -0.490 e. The van der Waals surface area contributed by atoms with Crippen LogP contribution in [0.5, 0.6) is 5.75 Å². The quantitative estimate of drug-likeness (QED) is 0.440. The van der Waals surface area contributed by atoms with Crippen LogP contribution in [0.3, 0.4) is 0 Å². The molecular formula is C28H32N2O5S. The second kappa shape index (κ2) is 10.9. The molecule has 3 aliphatic rings. The fraction of sp³-hybridized carbons (Fsp3) is 0.464. The molecule has 2 fully saturated rings. The summed E-state index contributed by atoms with van der Waals surface area (Å²) in [6.45, 7) is 0.733. The van der Waals surface area contributed by atoms with Gasteiger partial charge in [-0.15, -0.1) is 11.8 Å². The zero-order chi connectivity index (χ0) is 25.1. The molecule has 1 aliphatic heterocycles. The molecule has 2 amide bonds. The zero-order valence-corrected chi connectivity index (χ0v) is 21.0. The van der Waals surface area contributed by atoms with Crippen LogP contribution < -0.4 is 15.4 Å². The van der Waals surface area contributed by atoms with Gasteiger partial charge in [-0.1, -0.05) is 12.1 Å². The van der Waals surface area contributed by atoms with E-state index < -0.39 is 5.97 Å². The van der Waals surface area contributed by atoms with Gasteiger partial charge >= 0.3 is 5.97 Å². The third kappa shape index (κ3) is 6.03. The molecular weight excluding hydrogens is 476 g/mol. The number of carboxylic acids is 1. The van der Waals surface area contributed by atoms with Crippen molar-refractivity contribution in [1.29, 1.82) is 0 Å². The Hall–Kier alpha value is -3.00. The van der Waals surface area contributed by atoms with Crippen LogP contribution in [0, 0.1) is 5.92 Å². The van der Waals surface area contributed by atoms with Crippen molar-refractivity contribution in [3.63, 3.8) is 0 Å². The van der Waals surface area contributed by atoms with Gasteiger partial charge in [-0.05, 0) is 92.3 Å². The average Bonchev–Trinajstić information content (AvgIpc) is 3.65. The second-order valence-corrected chi connectivity index (χ2v) is 11.2.